The van der Waals surface area contributed by atoms with Crippen LogP contribution < -0.4 is 5.32 Å². The minimum absolute atomic E-state index is 0.00404. The van der Waals surface area contributed by atoms with Crippen molar-refractivity contribution in [3.63, 3.8) is 0 Å². The van der Waals surface area contributed by atoms with Crippen molar-refractivity contribution >= 4 is 23.2 Å². The smallest absolute Gasteiger partial charge is 0.274 e. The van der Waals surface area contributed by atoms with Crippen LogP contribution >= 0.6 is 0 Å². The largest absolute Gasteiger partial charge is 0.342 e. The first-order valence-corrected chi connectivity index (χ1v) is 10.5. The second-order valence-corrected chi connectivity index (χ2v) is 8.10. The molecule has 29 heavy (non-hydrogen) atoms. The van der Waals surface area contributed by atoms with Gasteiger partial charge >= 0.3 is 0 Å². The maximum Gasteiger partial charge on any atom is 0.274 e. The molecule has 1 N–H and O–H groups in total. The van der Waals surface area contributed by atoms with E-state index in [9.17, 15) is 19.7 Å². The Hall–Kier alpha value is -2.48. The number of anilines is 1. The van der Waals surface area contributed by atoms with Crippen LogP contribution in [0.5, 0.6) is 0 Å². The van der Waals surface area contributed by atoms with Crippen LogP contribution in [0, 0.1) is 23.0 Å². The summed E-state index contributed by atoms with van der Waals surface area (Å²) in [4.78, 5) is 39.8. The van der Waals surface area contributed by atoms with E-state index in [-0.39, 0.29) is 30.0 Å². The molecule has 2 aliphatic heterocycles. The number of nitro groups is 1. The molecule has 3 rings (SSSR count). The normalized spacial score (nSPS) is 18.9. The average Bonchev–Trinajstić information content (AvgIpc) is 2.99. The zero-order valence-corrected chi connectivity index (χ0v) is 17.1. The molecule has 0 spiro atoms. The summed E-state index contributed by atoms with van der Waals surface area (Å²) in [5.41, 5.74) is 0.985. The standard InChI is InChI=1S/C21H30N4O4/c1-16-6-7-18(14-19(16)25(28)29)22-20(26)15-23-12-8-17(9-13-23)21(27)24-10-4-2-3-5-11-24/h6-7,14,17H,2-5,8-13,15H2,1H3,(H,22,26). The number of hydrogen-bond donors (Lipinski definition) is 1. The summed E-state index contributed by atoms with van der Waals surface area (Å²) in [6, 6.07) is 4.69. The van der Waals surface area contributed by atoms with Gasteiger partial charge in [-0.1, -0.05) is 18.9 Å². The van der Waals surface area contributed by atoms with Gasteiger partial charge in [-0.05, 0) is 51.8 Å². The second-order valence-electron chi connectivity index (χ2n) is 8.10. The number of aryl methyl sites for hydroxylation is 1. The van der Waals surface area contributed by atoms with Crippen LogP contribution in [0.3, 0.4) is 0 Å². The Labute approximate surface area is 171 Å². The van der Waals surface area contributed by atoms with E-state index < -0.39 is 4.92 Å². The summed E-state index contributed by atoms with van der Waals surface area (Å²) in [6.07, 6.45) is 6.17. The maximum absolute atomic E-state index is 12.8. The first-order chi connectivity index (χ1) is 13.9. The van der Waals surface area contributed by atoms with Crippen molar-refractivity contribution in [3.8, 4) is 0 Å². The van der Waals surface area contributed by atoms with E-state index >= 15 is 0 Å². The highest BCUT2D eigenvalue weighted by Gasteiger charge is 2.29. The number of likely N-dealkylation sites (tertiary alicyclic amines) is 2. The lowest BCUT2D eigenvalue weighted by molar-refractivity contribution is -0.385. The van der Waals surface area contributed by atoms with E-state index in [1.54, 1.807) is 19.1 Å². The number of carbonyl (C=O) groups is 2. The molecular weight excluding hydrogens is 372 g/mol. The van der Waals surface area contributed by atoms with Crippen LogP contribution in [0.2, 0.25) is 0 Å². The van der Waals surface area contributed by atoms with Crippen molar-refractivity contribution in [3.05, 3.63) is 33.9 Å². The number of amides is 2. The van der Waals surface area contributed by atoms with Crippen molar-refractivity contribution in [2.75, 3.05) is 38.0 Å². The highest BCUT2D eigenvalue weighted by molar-refractivity contribution is 5.92. The molecule has 158 valence electrons. The van der Waals surface area contributed by atoms with Gasteiger partial charge in [-0.25, -0.2) is 0 Å². The van der Waals surface area contributed by atoms with Crippen LogP contribution in [0.15, 0.2) is 18.2 Å². The van der Waals surface area contributed by atoms with E-state index in [1.807, 2.05) is 9.80 Å². The predicted octanol–water partition coefficient (Wildman–Crippen LogP) is 2.96. The molecule has 0 aromatic heterocycles. The van der Waals surface area contributed by atoms with E-state index in [1.165, 1.54) is 18.9 Å². The minimum atomic E-state index is -0.447. The number of rotatable bonds is 5. The molecule has 0 aliphatic carbocycles. The van der Waals surface area contributed by atoms with Gasteiger partial charge in [0.2, 0.25) is 11.8 Å². The van der Waals surface area contributed by atoms with Crippen LogP contribution in [-0.2, 0) is 9.59 Å². The maximum atomic E-state index is 12.8. The number of hydrogen-bond acceptors (Lipinski definition) is 5. The molecule has 0 saturated carbocycles. The number of piperidine rings is 1. The lowest BCUT2D eigenvalue weighted by Crippen LogP contribution is -2.44. The Morgan fingerprint density at radius 1 is 1.10 bits per heavy atom. The Balaban J connectivity index is 1.46. The van der Waals surface area contributed by atoms with Crippen LogP contribution in [0.1, 0.15) is 44.1 Å². The highest BCUT2D eigenvalue weighted by Crippen LogP contribution is 2.23. The monoisotopic (exact) mass is 402 g/mol. The van der Waals surface area contributed by atoms with Crippen molar-refractivity contribution < 1.29 is 14.5 Å². The third-order valence-corrected chi connectivity index (χ3v) is 5.91. The van der Waals surface area contributed by atoms with Gasteiger partial charge in [-0.3, -0.25) is 24.6 Å². The van der Waals surface area contributed by atoms with Gasteiger partial charge in [0.1, 0.15) is 0 Å². The van der Waals surface area contributed by atoms with E-state index in [2.05, 4.69) is 5.32 Å². The third-order valence-electron chi connectivity index (χ3n) is 5.91. The fourth-order valence-corrected chi connectivity index (χ4v) is 4.17. The highest BCUT2D eigenvalue weighted by atomic mass is 16.6. The van der Waals surface area contributed by atoms with Crippen molar-refractivity contribution in [1.82, 2.24) is 9.80 Å². The molecule has 2 fully saturated rings. The van der Waals surface area contributed by atoms with Crippen molar-refractivity contribution in [2.45, 2.75) is 45.4 Å². The average molecular weight is 402 g/mol. The molecule has 1 aromatic carbocycles. The molecule has 0 radical (unpaired) electrons. The molecule has 2 amide bonds. The topological polar surface area (TPSA) is 95.8 Å². The van der Waals surface area contributed by atoms with Gasteiger partial charge < -0.3 is 10.2 Å². The summed E-state index contributed by atoms with van der Waals surface area (Å²) in [7, 11) is 0. The summed E-state index contributed by atoms with van der Waals surface area (Å²) >= 11 is 0. The van der Waals surface area contributed by atoms with Gasteiger partial charge in [0.15, 0.2) is 0 Å². The van der Waals surface area contributed by atoms with Crippen LogP contribution in [-0.4, -0.2) is 59.3 Å². The molecule has 2 aliphatic rings. The molecule has 2 saturated heterocycles. The molecule has 0 atom stereocenters. The lowest BCUT2D eigenvalue weighted by Gasteiger charge is -2.33. The minimum Gasteiger partial charge on any atom is -0.342 e. The van der Waals surface area contributed by atoms with Gasteiger partial charge in [0.05, 0.1) is 11.5 Å². The molecule has 1 aromatic rings. The number of nitrogens with zero attached hydrogens (tertiary/aromatic N) is 3. The summed E-state index contributed by atoms with van der Waals surface area (Å²) in [6.45, 7) is 5.08. The van der Waals surface area contributed by atoms with Gasteiger partial charge in [-0.2, -0.15) is 0 Å². The van der Waals surface area contributed by atoms with Gasteiger partial charge in [0.25, 0.3) is 5.69 Å². The lowest BCUT2D eigenvalue weighted by atomic mass is 9.95. The quantitative estimate of drug-likeness (QED) is 0.603. The third kappa shape index (κ3) is 5.76. The van der Waals surface area contributed by atoms with Crippen LogP contribution in [0.25, 0.3) is 0 Å². The molecular formula is C21H30N4O4. The first kappa shape index (κ1) is 21.2. The number of benzene rings is 1. The Morgan fingerprint density at radius 2 is 1.76 bits per heavy atom. The summed E-state index contributed by atoms with van der Waals surface area (Å²) < 4.78 is 0. The van der Waals surface area contributed by atoms with Gasteiger partial charge in [0, 0.05) is 36.3 Å². The molecule has 2 heterocycles. The zero-order valence-electron chi connectivity index (χ0n) is 17.1. The molecule has 8 nitrogen and oxygen atoms in total. The van der Waals surface area contributed by atoms with E-state index in [4.69, 9.17) is 0 Å². The fraction of sp³-hybridized carbons (Fsp3) is 0.619. The van der Waals surface area contributed by atoms with Crippen molar-refractivity contribution in [2.24, 2.45) is 5.92 Å². The molecule has 8 heteroatoms. The fourth-order valence-electron chi connectivity index (χ4n) is 4.17. The number of carbonyl (C=O) groups excluding carboxylic acids is 2. The zero-order chi connectivity index (χ0) is 20.8. The number of nitro benzene ring substituents is 1. The first-order valence-electron chi connectivity index (χ1n) is 10.5. The Kier molecular flexibility index (Phi) is 7.19. The summed E-state index contributed by atoms with van der Waals surface area (Å²) in [5.74, 6) is 0.149. The predicted molar refractivity (Wildman–Crippen MR) is 111 cm³/mol. The van der Waals surface area contributed by atoms with Crippen LogP contribution in [0.4, 0.5) is 11.4 Å². The van der Waals surface area contributed by atoms with Crippen molar-refractivity contribution in [1.29, 1.82) is 0 Å². The van der Waals surface area contributed by atoms with E-state index in [0.717, 1.165) is 38.8 Å². The molecule has 0 unspecified atom stereocenters. The number of nitrogens with one attached hydrogen (secondary N) is 1. The van der Waals surface area contributed by atoms with E-state index in [0.29, 0.717) is 24.3 Å². The summed E-state index contributed by atoms with van der Waals surface area (Å²) in [5, 5.41) is 13.8. The Bertz CT molecular complexity index is 751. The van der Waals surface area contributed by atoms with Gasteiger partial charge in [-0.15, -0.1) is 0 Å². The SMILES string of the molecule is Cc1ccc(NC(=O)CN2CCC(C(=O)N3CCCCCC3)CC2)cc1[N+](=O)[O-]. The molecule has 0 bridgehead atoms. The Morgan fingerprint density at radius 3 is 2.38 bits per heavy atom. The second kappa shape index (κ2) is 9.82.